The summed E-state index contributed by atoms with van der Waals surface area (Å²) in [5.41, 5.74) is 2.12. The van der Waals surface area contributed by atoms with Gasteiger partial charge in [0, 0.05) is 17.5 Å². The Hall–Kier alpha value is -3.52. The Labute approximate surface area is 183 Å². The van der Waals surface area contributed by atoms with E-state index in [1.165, 1.54) is 29.5 Å². The molecule has 2 N–H and O–H groups in total. The molecular formula is C23H21N3O4S. The molecular weight excluding hydrogens is 414 g/mol. The number of carbonyl (C=O) groups is 2. The molecule has 0 unspecified atom stereocenters. The third kappa shape index (κ3) is 4.49. The third-order valence-corrected chi connectivity index (χ3v) is 6.47. The Kier molecular flexibility index (Phi) is 6.08. The number of nitrogens with zero attached hydrogens (tertiary/aromatic N) is 1. The molecule has 2 amide bonds. The molecule has 1 aliphatic carbocycles. The van der Waals surface area contributed by atoms with Crippen molar-refractivity contribution in [2.45, 2.75) is 32.2 Å². The van der Waals surface area contributed by atoms with Crippen LogP contribution in [0.1, 0.15) is 49.6 Å². The number of nitro groups is 1. The molecule has 1 heterocycles. The first-order valence-electron chi connectivity index (χ1n) is 10.1. The number of rotatable bonds is 6. The van der Waals surface area contributed by atoms with Gasteiger partial charge in [-0.15, -0.1) is 11.3 Å². The lowest BCUT2D eigenvalue weighted by atomic mass is 9.95. The van der Waals surface area contributed by atoms with Crippen molar-refractivity contribution in [1.29, 1.82) is 0 Å². The lowest BCUT2D eigenvalue weighted by molar-refractivity contribution is -0.385. The summed E-state index contributed by atoms with van der Waals surface area (Å²) in [6.45, 7) is 0.377. The van der Waals surface area contributed by atoms with Gasteiger partial charge in [0.1, 0.15) is 10.6 Å². The molecule has 0 bridgehead atoms. The van der Waals surface area contributed by atoms with Crippen molar-refractivity contribution in [2.24, 2.45) is 0 Å². The molecule has 0 radical (unpaired) electrons. The van der Waals surface area contributed by atoms with Crippen molar-refractivity contribution < 1.29 is 14.5 Å². The summed E-state index contributed by atoms with van der Waals surface area (Å²) in [7, 11) is 0. The van der Waals surface area contributed by atoms with Crippen LogP contribution in [0.2, 0.25) is 0 Å². The molecule has 1 aromatic heterocycles. The smallest absolute Gasteiger partial charge is 0.282 e. The fourth-order valence-electron chi connectivity index (χ4n) is 3.76. The van der Waals surface area contributed by atoms with E-state index in [-0.39, 0.29) is 17.2 Å². The first-order valence-corrected chi connectivity index (χ1v) is 10.9. The maximum Gasteiger partial charge on any atom is 0.282 e. The maximum absolute atomic E-state index is 13.1. The summed E-state index contributed by atoms with van der Waals surface area (Å²) in [5, 5.41) is 17.5. The number of fused-ring (bicyclic) bond motifs is 1. The molecule has 8 heteroatoms. The summed E-state index contributed by atoms with van der Waals surface area (Å²) in [5.74, 6) is -0.843. The van der Waals surface area contributed by atoms with Gasteiger partial charge in [-0.25, -0.2) is 0 Å². The monoisotopic (exact) mass is 435 g/mol. The number of benzene rings is 2. The van der Waals surface area contributed by atoms with Crippen molar-refractivity contribution in [3.05, 3.63) is 91.8 Å². The van der Waals surface area contributed by atoms with E-state index in [0.717, 1.165) is 41.7 Å². The lowest BCUT2D eigenvalue weighted by Gasteiger charge is -2.13. The number of aryl methyl sites for hydroxylation is 1. The molecule has 0 saturated carbocycles. The number of thiophene rings is 1. The molecule has 158 valence electrons. The highest BCUT2D eigenvalue weighted by molar-refractivity contribution is 7.17. The van der Waals surface area contributed by atoms with Gasteiger partial charge in [0.25, 0.3) is 17.5 Å². The third-order valence-electron chi connectivity index (χ3n) is 5.27. The van der Waals surface area contributed by atoms with Crippen LogP contribution in [0.25, 0.3) is 0 Å². The molecule has 0 aliphatic heterocycles. The summed E-state index contributed by atoms with van der Waals surface area (Å²) in [6.07, 6.45) is 3.66. The Morgan fingerprint density at radius 2 is 1.68 bits per heavy atom. The highest BCUT2D eigenvalue weighted by Gasteiger charge is 2.28. The van der Waals surface area contributed by atoms with Crippen LogP contribution in [0.5, 0.6) is 0 Å². The van der Waals surface area contributed by atoms with Crippen molar-refractivity contribution >= 4 is 33.8 Å². The van der Waals surface area contributed by atoms with Crippen molar-refractivity contribution in [3.63, 3.8) is 0 Å². The number of anilines is 1. The predicted octanol–water partition coefficient (Wildman–Crippen LogP) is 4.72. The fourth-order valence-corrected chi connectivity index (χ4v) is 5.04. The molecule has 0 atom stereocenters. The van der Waals surface area contributed by atoms with Gasteiger partial charge in [-0.1, -0.05) is 42.5 Å². The molecule has 31 heavy (non-hydrogen) atoms. The van der Waals surface area contributed by atoms with E-state index in [9.17, 15) is 19.7 Å². The minimum absolute atomic E-state index is 0.0329. The fraction of sp³-hybridized carbons (Fsp3) is 0.217. The quantitative estimate of drug-likeness (QED) is 0.432. The van der Waals surface area contributed by atoms with Gasteiger partial charge < -0.3 is 10.6 Å². The Bertz CT molecular complexity index is 1140. The zero-order chi connectivity index (χ0) is 21.8. The second kappa shape index (κ2) is 9.09. The summed E-state index contributed by atoms with van der Waals surface area (Å²) in [4.78, 5) is 37.8. The first-order chi connectivity index (χ1) is 15.0. The van der Waals surface area contributed by atoms with E-state index < -0.39 is 10.8 Å². The van der Waals surface area contributed by atoms with Gasteiger partial charge in [0.2, 0.25) is 0 Å². The van der Waals surface area contributed by atoms with Crippen LogP contribution in [-0.4, -0.2) is 16.7 Å². The molecule has 0 spiro atoms. The normalized spacial score (nSPS) is 12.6. The average molecular weight is 436 g/mol. The largest absolute Gasteiger partial charge is 0.348 e. The van der Waals surface area contributed by atoms with Crippen LogP contribution in [0.3, 0.4) is 0 Å². The second-order valence-electron chi connectivity index (χ2n) is 7.31. The Morgan fingerprint density at radius 1 is 0.968 bits per heavy atom. The molecule has 0 fully saturated rings. The van der Waals surface area contributed by atoms with Crippen LogP contribution < -0.4 is 10.6 Å². The number of amides is 2. The van der Waals surface area contributed by atoms with Crippen LogP contribution in [0.4, 0.5) is 10.7 Å². The van der Waals surface area contributed by atoms with E-state index in [4.69, 9.17) is 0 Å². The van der Waals surface area contributed by atoms with Crippen molar-refractivity contribution in [3.8, 4) is 0 Å². The van der Waals surface area contributed by atoms with Gasteiger partial charge in [0.05, 0.1) is 10.5 Å². The molecule has 1 aliphatic rings. The van der Waals surface area contributed by atoms with Crippen LogP contribution in [-0.2, 0) is 19.4 Å². The molecule has 3 aromatic rings. The summed E-state index contributed by atoms with van der Waals surface area (Å²) < 4.78 is 0. The predicted molar refractivity (Wildman–Crippen MR) is 120 cm³/mol. The molecule has 0 saturated heterocycles. The van der Waals surface area contributed by atoms with Crippen molar-refractivity contribution in [2.75, 3.05) is 5.32 Å². The average Bonchev–Trinajstić information content (AvgIpc) is 3.16. The summed E-state index contributed by atoms with van der Waals surface area (Å²) in [6, 6.07) is 15.4. The first kappa shape index (κ1) is 20.7. The van der Waals surface area contributed by atoms with E-state index >= 15 is 0 Å². The number of carbonyl (C=O) groups excluding carboxylic acids is 2. The molecule has 7 nitrogen and oxygen atoms in total. The minimum Gasteiger partial charge on any atom is -0.348 e. The number of hydrogen-bond acceptors (Lipinski definition) is 5. The van der Waals surface area contributed by atoms with E-state index in [2.05, 4.69) is 10.6 Å². The minimum atomic E-state index is -0.594. The van der Waals surface area contributed by atoms with E-state index in [1.807, 2.05) is 30.3 Å². The van der Waals surface area contributed by atoms with Gasteiger partial charge >= 0.3 is 0 Å². The zero-order valence-corrected chi connectivity index (χ0v) is 17.5. The van der Waals surface area contributed by atoms with Gasteiger partial charge in [-0.05, 0) is 42.9 Å². The molecule has 4 rings (SSSR count). The Balaban J connectivity index is 1.62. The maximum atomic E-state index is 13.1. The topological polar surface area (TPSA) is 101 Å². The molecule has 2 aromatic carbocycles. The number of nitro benzene ring substituents is 1. The van der Waals surface area contributed by atoms with Crippen LogP contribution >= 0.6 is 11.3 Å². The van der Waals surface area contributed by atoms with E-state index in [0.29, 0.717) is 17.1 Å². The van der Waals surface area contributed by atoms with Crippen LogP contribution in [0.15, 0.2) is 54.6 Å². The number of hydrogen-bond donors (Lipinski definition) is 2. The van der Waals surface area contributed by atoms with Crippen molar-refractivity contribution in [1.82, 2.24) is 5.32 Å². The highest BCUT2D eigenvalue weighted by atomic mass is 32.1. The Morgan fingerprint density at radius 3 is 2.45 bits per heavy atom. The van der Waals surface area contributed by atoms with E-state index in [1.54, 1.807) is 6.07 Å². The second-order valence-corrected chi connectivity index (χ2v) is 8.42. The van der Waals surface area contributed by atoms with Crippen LogP contribution in [0, 0.1) is 10.1 Å². The van der Waals surface area contributed by atoms with Gasteiger partial charge in [-0.2, -0.15) is 0 Å². The van der Waals surface area contributed by atoms with Gasteiger partial charge in [0.15, 0.2) is 0 Å². The standard InChI is InChI=1S/C23H21N3O4S/c27-21(16-10-4-6-12-18(16)26(29)30)25-23-20(17-11-5-7-13-19(17)31-23)22(28)24-14-15-8-2-1-3-9-15/h1-4,6,8-10,12H,5,7,11,13-14H2,(H,24,28)(H,25,27). The number of nitrogens with one attached hydrogen (secondary N) is 2. The lowest BCUT2D eigenvalue weighted by Crippen LogP contribution is -2.25. The van der Waals surface area contributed by atoms with Gasteiger partial charge in [-0.3, -0.25) is 19.7 Å². The highest BCUT2D eigenvalue weighted by Crippen LogP contribution is 2.38. The zero-order valence-electron chi connectivity index (χ0n) is 16.7. The summed E-state index contributed by atoms with van der Waals surface area (Å²) >= 11 is 1.39. The number of para-hydroxylation sites is 1. The SMILES string of the molecule is O=C(Nc1sc2c(c1C(=O)NCc1ccccc1)CCCC2)c1ccccc1[N+](=O)[O-].